The van der Waals surface area contributed by atoms with E-state index in [1.165, 1.54) is 5.56 Å². The summed E-state index contributed by atoms with van der Waals surface area (Å²) in [5, 5.41) is 2.55. The highest BCUT2D eigenvalue weighted by Crippen LogP contribution is 2.14. The van der Waals surface area contributed by atoms with Gasteiger partial charge in [-0.2, -0.15) is 0 Å². The van der Waals surface area contributed by atoms with Crippen LogP contribution in [0.15, 0.2) is 18.3 Å². The van der Waals surface area contributed by atoms with Gasteiger partial charge in [0.15, 0.2) is 0 Å². The van der Waals surface area contributed by atoms with Gasteiger partial charge >= 0.3 is 0 Å². The lowest BCUT2D eigenvalue weighted by molar-refractivity contribution is -0.121. The summed E-state index contributed by atoms with van der Waals surface area (Å²) in [6.07, 6.45) is 2.19. The summed E-state index contributed by atoms with van der Waals surface area (Å²) < 4.78 is 5.40. The summed E-state index contributed by atoms with van der Waals surface area (Å²) in [7, 11) is 1.62. The summed E-state index contributed by atoms with van der Waals surface area (Å²) in [5.41, 5.74) is 2.16. The van der Waals surface area contributed by atoms with E-state index < -0.39 is 0 Å². The van der Waals surface area contributed by atoms with Crippen LogP contribution >= 0.6 is 0 Å². The lowest BCUT2D eigenvalue weighted by Crippen LogP contribution is -2.19. The first-order chi connectivity index (χ1) is 8.13. The van der Waals surface area contributed by atoms with Crippen LogP contribution in [0.1, 0.15) is 37.4 Å². The molecule has 0 radical (unpaired) electrons. The molecule has 94 valence electrons. The highest BCUT2D eigenvalue weighted by atomic mass is 16.5. The number of aromatic nitrogens is 1. The predicted molar refractivity (Wildman–Crippen MR) is 66.7 cm³/mol. The van der Waals surface area contributed by atoms with Crippen molar-refractivity contribution in [3.05, 3.63) is 29.6 Å². The maximum absolute atomic E-state index is 11.0. The van der Waals surface area contributed by atoms with Crippen molar-refractivity contribution in [2.45, 2.75) is 32.8 Å². The van der Waals surface area contributed by atoms with Crippen LogP contribution in [0.25, 0.3) is 0 Å². The van der Waals surface area contributed by atoms with E-state index in [0.29, 0.717) is 25.6 Å². The third-order valence-corrected chi connectivity index (χ3v) is 2.51. The fourth-order valence-electron chi connectivity index (χ4n) is 1.40. The summed E-state index contributed by atoms with van der Waals surface area (Å²) in [5.74, 6) is 0.483. The minimum atomic E-state index is -0.00566. The zero-order valence-corrected chi connectivity index (χ0v) is 10.7. The number of carbonyl (C=O) groups is 1. The third-order valence-electron chi connectivity index (χ3n) is 2.51. The van der Waals surface area contributed by atoms with Gasteiger partial charge in [0.1, 0.15) is 0 Å². The lowest BCUT2D eigenvalue weighted by Gasteiger charge is -2.07. The van der Waals surface area contributed by atoms with E-state index in [-0.39, 0.29) is 5.91 Å². The molecule has 1 amide bonds. The second-order valence-corrected chi connectivity index (χ2v) is 4.21. The number of hydrogen-bond donors (Lipinski definition) is 1. The monoisotopic (exact) mass is 236 g/mol. The smallest absolute Gasteiger partial charge is 0.222 e. The summed E-state index contributed by atoms with van der Waals surface area (Å²) in [6.45, 7) is 5.17. The Morgan fingerprint density at radius 1 is 1.53 bits per heavy atom. The molecule has 17 heavy (non-hydrogen) atoms. The van der Waals surface area contributed by atoms with Crippen molar-refractivity contribution in [3.8, 4) is 0 Å². The Kier molecular flexibility index (Phi) is 5.63. The average molecular weight is 236 g/mol. The van der Waals surface area contributed by atoms with Gasteiger partial charge in [-0.1, -0.05) is 13.8 Å². The molecule has 0 aromatic carbocycles. The van der Waals surface area contributed by atoms with Crippen molar-refractivity contribution >= 4 is 5.91 Å². The number of hydrogen-bond acceptors (Lipinski definition) is 3. The van der Waals surface area contributed by atoms with E-state index in [9.17, 15) is 4.79 Å². The standard InChI is InChI=1S/C13H20N2O2/c1-10(2)11-4-6-15-12(8-11)9-17-7-5-13(16)14-3/h4,6,8,10H,5,7,9H2,1-3H3,(H,14,16). The van der Waals surface area contributed by atoms with Gasteiger partial charge in [0.2, 0.25) is 5.91 Å². The minimum absolute atomic E-state index is 0.00566. The van der Waals surface area contributed by atoms with Crippen molar-refractivity contribution in [3.63, 3.8) is 0 Å². The Hall–Kier alpha value is -1.42. The molecule has 1 aromatic rings. The van der Waals surface area contributed by atoms with Gasteiger partial charge in [-0.15, -0.1) is 0 Å². The summed E-state index contributed by atoms with van der Waals surface area (Å²) in [4.78, 5) is 15.2. The molecule has 1 heterocycles. The number of carbonyl (C=O) groups excluding carboxylic acids is 1. The van der Waals surface area contributed by atoms with Gasteiger partial charge in [0, 0.05) is 19.7 Å². The molecular weight excluding hydrogens is 216 g/mol. The fourth-order valence-corrected chi connectivity index (χ4v) is 1.40. The van der Waals surface area contributed by atoms with Crippen molar-refractivity contribution in [1.29, 1.82) is 0 Å². The van der Waals surface area contributed by atoms with Crippen LogP contribution in [-0.2, 0) is 16.1 Å². The van der Waals surface area contributed by atoms with Crippen molar-refractivity contribution < 1.29 is 9.53 Å². The first-order valence-electron chi connectivity index (χ1n) is 5.86. The zero-order chi connectivity index (χ0) is 12.7. The largest absolute Gasteiger partial charge is 0.375 e. The molecule has 0 fully saturated rings. The van der Waals surface area contributed by atoms with Gasteiger partial charge in [0.05, 0.1) is 18.9 Å². The molecule has 0 spiro atoms. The second kappa shape index (κ2) is 7.01. The number of pyridine rings is 1. The highest BCUT2D eigenvalue weighted by Gasteiger charge is 2.02. The van der Waals surface area contributed by atoms with Crippen molar-refractivity contribution in [1.82, 2.24) is 10.3 Å². The number of nitrogens with one attached hydrogen (secondary N) is 1. The molecule has 0 unspecified atom stereocenters. The van der Waals surface area contributed by atoms with Crippen LogP contribution in [0.3, 0.4) is 0 Å². The highest BCUT2D eigenvalue weighted by molar-refractivity contribution is 5.75. The first-order valence-corrected chi connectivity index (χ1v) is 5.86. The molecule has 0 bridgehead atoms. The molecule has 4 heteroatoms. The Bertz CT molecular complexity index is 364. The first kappa shape index (κ1) is 13.6. The molecule has 0 saturated heterocycles. The van der Waals surface area contributed by atoms with Gasteiger partial charge in [-0.25, -0.2) is 0 Å². The molecular formula is C13H20N2O2. The topological polar surface area (TPSA) is 51.2 Å². The number of amides is 1. The number of nitrogens with zero attached hydrogens (tertiary/aromatic N) is 1. The van der Waals surface area contributed by atoms with E-state index in [2.05, 4.69) is 24.1 Å². The van der Waals surface area contributed by atoms with E-state index in [1.807, 2.05) is 12.1 Å². The molecule has 1 aromatic heterocycles. The Morgan fingerprint density at radius 3 is 2.94 bits per heavy atom. The lowest BCUT2D eigenvalue weighted by atomic mass is 10.0. The molecule has 0 aliphatic heterocycles. The van der Waals surface area contributed by atoms with Crippen LogP contribution in [0.4, 0.5) is 0 Å². The zero-order valence-electron chi connectivity index (χ0n) is 10.7. The van der Waals surface area contributed by atoms with Crippen LogP contribution in [0, 0.1) is 0 Å². The Balaban J connectivity index is 2.36. The van der Waals surface area contributed by atoms with Crippen LogP contribution in [0.2, 0.25) is 0 Å². The maximum atomic E-state index is 11.0. The summed E-state index contributed by atoms with van der Waals surface area (Å²) in [6, 6.07) is 4.06. The van der Waals surface area contributed by atoms with Gasteiger partial charge in [0.25, 0.3) is 0 Å². The maximum Gasteiger partial charge on any atom is 0.222 e. The molecule has 0 saturated carbocycles. The van der Waals surface area contributed by atoms with Crippen LogP contribution < -0.4 is 5.32 Å². The number of rotatable bonds is 6. The van der Waals surface area contributed by atoms with Crippen molar-refractivity contribution in [2.75, 3.05) is 13.7 Å². The molecule has 0 aliphatic rings. The van der Waals surface area contributed by atoms with Gasteiger partial charge in [-0.05, 0) is 23.6 Å². The molecule has 1 N–H and O–H groups in total. The van der Waals surface area contributed by atoms with E-state index in [1.54, 1.807) is 13.2 Å². The molecule has 1 rings (SSSR count). The second-order valence-electron chi connectivity index (χ2n) is 4.21. The quantitative estimate of drug-likeness (QED) is 0.767. The third kappa shape index (κ3) is 4.95. The van der Waals surface area contributed by atoms with E-state index in [4.69, 9.17) is 4.74 Å². The van der Waals surface area contributed by atoms with Crippen LogP contribution in [-0.4, -0.2) is 24.5 Å². The fraction of sp³-hybridized carbons (Fsp3) is 0.538. The van der Waals surface area contributed by atoms with E-state index in [0.717, 1.165) is 5.69 Å². The van der Waals surface area contributed by atoms with Crippen LogP contribution in [0.5, 0.6) is 0 Å². The van der Waals surface area contributed by atoms with Gasteiger partial charge < -0.3 is 10.1 Å². The molecule has 0 aliphatic carbocycles. The Morgan fingerprint density at radius 2 is 2.29 bits per heavy atom. The average Bonchev–Trinajstić information content (AvgIpc) is 2.34. The van der Waals surface area contributed by atoms with E-state index >= 15 is 0 Å². The Labute approximate surface area is 102 Å². The minimum Gasteiger partial charge on any atom is -0.375 e. The molecule has 0 atom stereocenters. The predicted octanol–water partition coefficient (Wildman–Crippen LogP) is 1.86. The van der Waals surface area contributed by atoms with Crippen molar-refractivity contribution in [2.24, 2.45) is 0 Å². The normalized spacial score (nSPS) is 10.6. The molecule has 4 nitrogen and oxygen atoms in total. The van der Waals surface area contributed by atoms with Gasteiger partial charge in [-0.3, -0.25) is 9.78 Å². The number of ether oxygens (including phenoxy) is 1. The SMILES string of the molecule is CNC(=O)CCOCc1cc(C(C)C)ccn1. The summed E-state index contributed by atoms with van der Waals surface area (Å²) >= 11 is 0.